The molecule has 0 aliphatic rings. The number of carbonyl (C=O) groups excluding carboxylic acids is 1. The Morgan fingerprint density at radius 3 is 2.59 bits per heavy atom. The normalized spacial score (nSPS) is 10.7. The Kier molecular flexibility index (Phi) is 6.21. The molecule has 0 unspecified atom stereocenters. The summed E-state index contributed by atoms with van der Waals surface area (Å²) in [7, 11) is 4.94. The van der Waals surface area contributed by atoms with Gasteiger partial charge in [-0.1, -0.05) is 30.3 Å². The van der Waals surface area contributed by atoms with Gasteiger partial charge in [0.15, 0.2) is 0 Å². The maximum Gasteiger partial charge on any atom is 0.269 e. The van der Waals surface area contributed by atoms with Crippen LogP contribution in [0.5, 0.6) is 11.5 Å². The molecule has 0 aliphatic carbocycles. The van der Waals surface area contributed by atoms with E-state index in [1.807, 2.05) is 65.6 Å². The third-order valence-electron chi connectivity index (χ3n) is 5.16. The van der Waals surface area contributed by atoms with E-state index in [0.29, 0.717) is 36.0 Å². The van der Waals surface area contributed by atoms with Gasteiger partial charge in [-0.25, -0.2) is 0 Å². The van der Waals surface area contributed by atoms with Crippen LogP contribution in [0.2, 0.25) is 0 Å². The van der Waals surface area contributed by atoms with Crippen LogP contribution in [0.25, 0.3) is 22.4 Å². The Bertz CT molecular complexity index is 1210. The van der Waals surface area contributed by atoms with Gasteiger partial charge >= 0.3 is 0 Å². The summed E-state index contributed by atoms with van der Waals surface area (Å²) in [5.41, 5.74) is 3.99. The molecule has 2 aromatic carbocycles. The molecule has 8 heteroatoms. The molecule has 0 saturated heterocycles. The molecule has 1 amide bonds. The molecule has 0 saturated carbocycles. The lowest BCUT2D eigenvalue weighted by Gasteiger charge is -2.08. The number of hydrogen-bond donors (Lipinski definition) is 1. The van der Waals surface area contributed by atoms with Gasteiger partial charge in [-0.3, -0.25) is 14.2 Å². The zero-order chi connectivity index (χ0) is 22.5. The predicted molar refractivity (Wildman–Crippen MR) is 122 cm³/mol. The number of aromatic nitrogens is 4. The van der Waals surface area contributed by atoms with E-state index in [-0.39, 0.29) is 5.91 Å². The van der Waals surface area contributed by atoms with Crippen LogP contribution in [0.15, 0.2) is 67.0 Å². The van der Waals surface area contributed by atoms with Crippen LogP contribution >= 0.6 is 0 Å². The number of benzene rings is 2. The standard InChI is InChI=1S/C24H25N5O3/c1-28-22(14-21(27-28)20-13-19(31-2)9-10-23(20)32-3)24(30)25-11-12-29-16-18(15-26-29)17-7-5-4-6-8-17/h4-10,13-16H,11-12H2,1-3H3,(H,25,30). The Morgan fingerprint density at radius 2 is 1.84 bits per heavy atom. The minimum atomic E-state index is -0.205. The molecule has 4 aromatic rings. The fraction of sp³-hybridized carbons (Fsp3) is 0.208. The highest BCUT2D eigenvalue weighted by Crippen LogP contribution is 2.32. The van der Waals surface area contributed by atoms with Crippen LogP contribution in [0.3, 0.4) is 0 Å². The Morgan fingerprint density at radius 1 is 1.03 bits per heavy atom. The first kappa shape index (κ1) is 21.2. The van der Waals surface area contributed by atoms with Crippen molar-refractivity contribution >= 4 is 5.91 Å². The highest BCUT2D eigenvalue weighted by molar-refractivity contribution is 5.94. The van der Waals surface area contributed by atoms with Crippen molar-refractivity contribution in [2.24, 2.45) is 7.05 Å². The summed E-state index contributed by atoms with van der Waals surface area (Å²) in [5.74, 6) is 1.14. The second kappa shape index (κ2) is 9.38. The molecular formula is C24H25N5O3. The molecule has 0 spiro atoms. The molecule has 164 valence electrons. The number of methoxy groups -OCH3 is 2. The highest BCUT2D eigenvalue weighted by atomic mass is 16.5. The monoisotopic (exact) mass is 431 g/mol. The van der Waals surface area contributed by atoms with E-state index in [1.165, 1.54) is 0 Å². The summed E-state index contributed by atoms with van der Waals surface area (Å²) in [4.78, 5) is 12.7. The van der Waals surface area contributed by atoms with E-state index in [0.717, 1.165) is 16.7 Å². The van der Waals surface area contributed by atoms with Gasteiger partial charge in [0, 0.05) is 30.9 Å². The molecule has 1 N–H and O–H groups in total. The summed E-state index contributed by atoms with van der Waals surface area (Å²) in [6, 6.07) is 17.3. The molecule has 8 nitrogen and oxygen atoms in total. The minimum absolute atomic E-state index is 0.205. The van der Waals surface area contributed by atoms with E-state index < -0.39 is 0 Å². The van der Waals surface area contributed by atoms with Crippen LogP contribution in [-0.4, -0.2) is 46.2 Å². The lowest BCUT2D eigenvalue weighted by Crippen LogP contribution is -2.29. The maximum absolute atomic E-state index is 12.7. The minimum Gasteiger partial charge on any atom is -0.497 e. The molecule has 2 aromatic heterocycles. The Balaban J connectivity index is 1.42. The van der Waals surface area contributed by atoms with Crippen molar-refractivity contribution in [2.45, 2.75) is 6.54 Å². The van der Waals surface area contributed by atoms with Gasteiger partial charge in [0.25, 0.3) is 5.91 Å². The SMILES string of the molecule is COc1ccc(OC)c(-c2cc(C(=O)NCCn3cc(-c4ccccc4)cn3)n(C)n2)c1. The number of aryl methyl sites for hydroxylation is 1. The van der Waals surface area contributed by atoms with Crippen LogP contribution in [-0.2, 0) is 13.6 Å². The van der Waals surface area contributed by atoms with Gasteiger partial charge in [0.05, 0.1) is 32.7 Å². The van der Waals surface area contributed by atoms with E-state index in [1.54, 1.807) is 32.0 Å². The zero-order valence-electron chi connectivity index (χ0n) is 18.3. The first-order chi connectivity index (χ1) is 15.6. The number of nitrogens with one attached hydrogen (secondary N) is 1. The molecular weight excluding hydrogens is 406 g/mol. The van der Waals surface area contributed by atoms with Gasteiger partial charge < -0.3 is 14.8 Å². The van der Waals surface area contributed by atoms with Gasteiger partial charge in [0.1, 0.15) is 17.2 Å². The number of hydrogen-bond acceptors (Lipinski definition) is 5. The van der Waals surface area contributed by atoms with Crippen LogP contribution < -0.4 is 14.8 Å². The second-order valence-electron chi connectivity index (χ2n) is 7.22. The smallest absolute Gasteiger partial charge is 0.269 e. The van der Waals surface area contributed by atoms with E-state index in [4.69, 9.17) is 9.47 Å². The summed E-state index contributed by atoms with van der Waals surface area (Å²) in [5, 5.41) is 11.8. The van der Waals surface area contributed by atoms with Crippen molar-refractivity contribution in [1.29, 1.82) is 0 Å². The summed E-state index contributed by atoms with van der Waals surface area (Å²) >= 11 is 0. The Labute approximate surface area is 186 Å². The molecule has 0 aliphatic heterocycles. The average molecular weight is 431 g/mol. The molecule has 4 rings (SSSR count). The fourth-order valence-electron chi connectivity index (χ4n) is 3.47. The van der Waals surface area contributed by atoms with Gasteiger partial charge in [-0.05, 0) is 29.8 Å². The summed E-state index contributed by atoms with van der Waals surface area (Å²) in [6.07, 6.45) is 3.80. The molecule has 0 fully saturated rings. The zero-order valence-corrected chi connectivity index (χ0v) is 18.3. The molecule has 32 heavy (non-hydrogen) atoms. The maximum atomic E-state index is 12.7. The van der Waals surface area contributed by atoms with Crippen LogP contribution in [0, 0.1) is 0 Å². The van der Waals surface area contributed by atoms with Gasteiger partial charge in [-0.2, -0.15) is 10.2 Å². The van der Waals surface area contributed by atoms with Crippen molar-refractivity contribution in [3.8, 4) is 33.9 Å². The average Bonchev–Trinajstić information content (AvgIpc) is 3.46. The van der Waals surface area contributed by atoms with Crippen molar-refractivity contribution in [3.63, 3.8) is 0 Å². The summed E-state index contributed by atoms with van der Waals surface area (Å²) < 4.78 is 14.1. The third kappa shape index (κ3) is 4.49. The number of carbonyl (C=O) groups is 1. The van der Waals surface area contributed by atoms with E-state index >= 15 is 0 Å². The lowest BCUT2D eigenvalue weighted by atomic mass is 10.1. The third-order valence-corrected chi connectivity index (χ3v) is 5.16. The number of nitrogens with zero attached hydrogens (tertiary/aromatic N) is 4. The number of amides is 1. The van der Waals surface area contributed by atoms with Crippen molar-refractivity contribution in [1.82, 2.24) is 24.9 Å². The van der Waals surface area contributed by atoms with Crippen LogP contribution in [0.4, 0.5) is 0 Å². The van der Waals surface area contributed by atoms with E-state index in [2.05, 4.69) is 15.5 Å². The number of ether oxygens (including phenoxy) is 2. The van der Waals surface area contributed by atoms with Crippen molar-refractivity contribution in [2.75, 3.05) is 20.8 Å². The lowest BCUT2D eigenvalue weighted by molar-refractivity contribution is 0.0942. The topological polar surface area (TPSA) is 83.2 Å². The first-order valence-electron chi connectivity index (χ1n) is 10.2. The quantitative estimate of drug-likeness (QED) is 0.462. The summed E-state index contributed by atoms with van der Waals surface area (Å²) in [6.45, 7) is 1.00. The number of rotatable bonds is 8. The van der Waals surface area contributed by atoms with Crippen molar-refractivity contribution in [3.05, 3.63) is 72.7 Å². The van der Waals surface area contributed by atoms with Gasteiger partial charge in [0.2, 0.25) is 0 Å². The molecule has 2 heterocycles. The predicted octanol–water partition coefficient (Wildman–Crippen LogP) is 3.40. The van der Waals surface area contributed by atoms with E-state index in [9.17, 15) is 4.79 Å². The molecule has 0 bridgehead atoms. The largest absolute Gasteiger partial charge is 0.497 e. The second-order valence-corrected chi connectivity index (χ2v) is 7.22. The van der Waals surface area contributed by atoms with Crippen molar-refractivity contribution < 1.29 is 14.3 Å². The Hall–Kier alpha value is -4.07. The first-order valence-corrected chi connectivity index (χ1v) is 10.2. The molecule has 0 radical (unpaired) electrons. The van der Waals surface area contributed by atoms with Crippen LogP contribution in [0.1, 0.15) is 10.5 Å². The van der Waals surface area contributed by atoms with Gasteiger partial charge in [-0.15, -0.1) is 0 Å². The fourth-order valence-corrected chi connectivity index (χ4v) is 3.47. The molecule has 0 atom stereocenters. The highest BCUT2D eigenvalue weighted by Gasteiger charge is 2.17.